The van der Waals surface area contributed by atoms with E-state index in [1.807, 2.05) is 0 Å². The van der Waals surface area contributed by atoms with E-state index in [1.54, 1.807) is 24.3 Å². The van der Waals surface area contributed by atoms with Crippen molar-refractivity contribution in [2.75, 3.05) is 13.2 Å². The number of aromatic nitrogens is 1. The van der Waals surface area contributed by atoms with Gasteiger partial charge >= 0.3 is 5.97 Å². The summed E-state index contributed by atoms with van der Waals surface area (Å²) in [7, 11) is 0. The summed E-state index contributed by atoms with van der Waals surface area (Å²) in [5.74, 6) is -0.725. The Morgan fingerprint density at radius 3 is 2.84 bits per heavy atom. The fraction of sp³-hybridized carbons (Fsp3) is 0.154. The maximum absolute atomic E-state index is 11.0. The molecule has 0 unspecified atom stereocenters. The highest BCUT2D eigenvalue weighted by atomic mass is 16.5. The topological polar surface area (TPSA) is 85.7 Å². The molecule has 1 heterocycles. The summed E-state index contributed by atoms with van der Waals surface area (Å²) >= 11 is 0. The molecule has 6 nitrogen and oxygen atoms in total. The molecule has 19 heavy (non-hydrogen) atoms. The number of rotatable bonds is 6. The van der Waals surface area contributed by atoms with E-state index in [9.17, 15) is 9.59 Å². The van der Waals surface area contributed by atoms with Gasteiger partial charge in [-0.25, -0.2) is 9.78 Å². The molecule has 0 aliphatic heterocycles. The van der Waals surface area contributed by atoms with Gasteiger partial charge in [-0.1, -0.05) is 12.1 Å². The predicted molar refractivity (Wildman–Crippen MR) is 66.2 cm³/mol. The average molecular weight is 261 g/mol. The van der Waals surface area contributed by atoms with Crippen LogP contribution in [0, 0.1) is 0 Å². The third kappa shape index (κ3) is 2.98. The van der Waals surface area contributed by atoms with Crippen LogP contribution in [0.4, 0.5) is 0 Å². The Morgan fingerprint density at radius 1 is 1.32 bits per heavy atom. The molecule has 0 spiro atoms. The number of benzene rings is 1. The number of aromatic carboxylic acids is 1. The lowest BCUT2D eigenvalue weighted by atomic mass is 10.2. The molecule has 0 fully saturated rings. The van der Waals surface area contributed by atoms with Gasteiger partial charge < -0.3 is 14.6 Å². The predicted octanol–water partition coefficient (Wildman–Crippen LogP) is 1.48. The van der Waals surface area contributed by atoms with Crippen molar-refractivity contribution in [3.8, 4) is 5.75 Å². The van der Waals surface area contributed by atoms with Crippen LogP contribution in [-0.2, 0) is 9.53 Å². The summed E-state index contributed by atoms with van der Waals surface area (Å²) in [6.45, 7) is 0.574. The van der Waals surface area contributed by atoms with Crippen LogP contribution in [-0.4, -0.2) is 35.7 Å². The fourth-order valence-electron chi connectivity index (χ4n) is 1.62. The number of carbonyl (C=O) groups is 2. The van der Waals surface area contributed by atoms with Crippen LogP contribution in [0.5, 0.6) is 5.75 Å². The molecule has 2 aromatic rings. The molecule has 0 aliphatic rings. The van der Waals surface area contributed by atoms with Gasteiger partial charge in [-0.3, -0.25) is 4.79 Å². The van der Waals surface area contributed by atoms with Crippen molar-refractivity contribution in [3.05, 3.63) is 36.0 Å². The Bertz CT molecular complexity index is 611. The zero-order valence-corrected chi connectivity index (χ0v) is 9.91. The summed E-state index contributed by atoms with van der Waals surface area (Å²) in [5, 5.41) is 9.70. The van der Waals surface area contributed by atoms with Crippen molar-refractivity contribution in [1.82, 2.24) is 4.98 Å². The molecule has 0 saturated carbocycles. The number of nitrogens with zero attached hydrogens (tertiary/aromatic N) is 1. The molecule has 0 amide bonds. The lowest BCUT2D eigenvalue weighted by Gasteiger charge is -2.09. The summed E-state index contributed by atoms with van der Waals surface area (Å²) in [6.07, 6.45) is 0. The van der Waals surface area contributed by atoms with E-state index >= 15 is 0 Å². The monoisotopic (exact) mass is 261 g/mol. The first-order valence-corrected chi connectivity index (χ1v) is 5.53. The van der Waals surface area contributed by atoms with Crippen molar-refractivity contribution < 1.29 is 24.2 Å². The highest BCUT2D eigenvalue weighted by molar-refractivity contribution is 5.93. The molecule has 2 rings (SSSR count). The van der Waals surface area contributed by atoms with Crippen molar-refractivity contribution in [1.29, 1.82) is 0 Å². The van der Waals surface area contributed by atoms with E-state index in [1.165, 1.54) is 6.07 Å². The number of pyridine rings is 1. The van der Waals surface area contributed by atoms with E-state index in [-0.39, 0.29) is 18.9 Å². The Labute approximate surface area is 108 Å². The molecule has 0 radical (unpaired) electrons. The van der Waals surface area contributed by atoms with E-state index in [2.05, 4.69) is 9.72 Å². The minimum absolute atomic E-state index is 0.0926. The molecule has 1 aromatic heterocycles. The fourth-order valence-corrected chi connectivity index (χ4v) is 1.62. The normalized spacial score (nSPS) is 10.1. The van der Waals surface area contributed by atoms with Crippen molar-refractivity contribution in [2.45, 2.75) is 0 Å². The number of hydrogen-bond donors (Lipinski definition) is 1. The smallest absolute Gasteiger partial charge is 0.354 e. The first kappa shape index (κ1) is 12.8. The molecule has 0 atom stereocenters. The van der Waals surface area contributed by atoms with Crippen LogP contribution in [0.25, 0.3) is 10.9 Å². The summed E-state index contributed by atoms with van der Waals surface area (Å²) in [6, 6.07) is 8.41. The zero-order valence-electron chi connectivity index (χ0n) is 9.91. The SMILES string of the molecule is O=COCCOc1cc(C(=O)O)nc2ccccc12. The van der Waals surface area contributed by atoms with Crippen LogP contribution in [0.3, 0.4) is 0 Å². The molecule has 98 valence electrons. The highest BCUT2D eigenvalue weighted by Crippen LogP contribution is 2.25. The maximum Gasteiger partial charge on any atom is 0.354 e. The molecular formula is C13H11NO5. The molecule has 1 N–H and O–H groups in total. The lowest BCUT2D eigenvalue weighted by Crippen LogP contribution is -2.08. The number of fused-ring (bicyclic) bond motifs is 1. The highest BCUT2D eigenvalue weighted by Gasteiger charge is 2.11. The molecular weight excluding hydrogens is 250 g/mol. The number of carboxylic acids is 1. The van der Waals surface area contributed by atoms with Crippen LogP contribution in [0.15, 0.2) is 30.3 Å². The standard InChI is InChI=1S/C13H11NO5/c15-8-18-5-6-19-12-7-11(13(16)17)14-10-4-2-1-3-9(10)12/h1-4,7-8H,5-6H2,(H,16,17). The summed E-state index contributed by atoms with van der Waals surface area (Å²) in [4.78, 5) is 25.0. The van der Waals surface area contributed by atoms with E-state index in [4.69, 9.17) is 9.84 Å². The molecule has 0 saturated heterocycles. The first-order chi connectivity index (χ1) is 9.22. The number of hydrogen-bond acceptors (Lipinski definition) is 5. The first-order valence-electron chi connectivity index (χ1n) is 5.53. The Kier molecular flexibility index (Phi) is 3.92. The minimum atomic E-state index is -1.13. The molecule has 6 heteroatoms. The van der Waals surface area contributed by atoms with Gasteiger partial charge in [0.15, 0.2) is 5.69 Å². The largest absolute Gasteiger partial charge is 0.489 e. The van der Waals surface area contributed by atoms with Crippen molar-refractivity contribution in [2.24, 2.45) is 0 Å². The number of carbonyl (C=O) groups excluding carboxylic acids is 1. The second kappa shape index (κ2) is 5.81. The molecule has 0 bridgehead atoms. The van der Waals surface area contributed by atoms with E-state index in [0.29, 0.717) is 23.1 Å². The van der Waals surface area contributed by atoms with Crippen LogP contribution >= 0.6 is 0 Å². The number of ether oxygens (including phenoxy) is 2. The third-order valence-electron chi connectivity index (χ3n) is 2.42. The van der Waals surface area contributed by atoms with Crippen LogP contribution < -0.4 is 4.74 Å². The van der Waals surface area contributed by atoms with Gasteiger partial charge in [0.05, 0.1) is 5.52 Å². The van der Waals surface area contributed by atoms with Gasteiger partial charge in [-0.2, -0.15) is 0 Å². The van der Waals surface area contributed by atoms with Gasteiger partial charge in [0.2, 0.25) is 0 Å². The zero-order chi connectivity index (χ0) is 13.7. The van der Waals surface area contributed by atoms with Gasteiger partial charge in [-0.15, -0.1) is 0 Å². The van der Waals surface area contributed by atoms with Crippen molar-refractivity contribution in [3.63, 3.8) is 0 Å². The van der Waals surface area contributed by atoms with Crippen molar-refractivity contribution >= 4 is 23.3 Å². The summed E-state index contributed by atoms with van der Waals surface area (Å²) in [5.41, 5.74) is 0.443. The van der Waals surface area contributed by atoms with Gasteiger partial charge in [0.1, 0.15) is 19.0 Å². The van der Waals surface area contributed by atoms with Crippen LogP contribution in [0.2, 0.25) is 0 Å². The maximum atomic E-state index is 11.0. The quantitative estimate of drug-likeness (QED) is 0.626. The molecule has 1 aromatic carbocycles. The second-order valence-corrected chi connectivity index (χ2v) is 3.64. The van der Waals surface area contributed by atoms with Crippen LogP contribution in [0.1, 0.15) is 10.5 Å². The van der Waals surface area contributed by atoms with Gasteiger partial charge in [0, 0.05) is 11.5 Å². The third-order valence-corrected chi connectivity index (χ3v) is 2.42. The van der Waals surface area contributed by atoms with E-state index in [0.717, 1.165) is 0 Å². The number of carboxylic acid groups (broad SMARTS) is 1. The Balaban J connectivity index is 2.33. The summed E-state index contributed by atoms with van der Waals surface area (Å²) < 4.78 is 9.93. The second-order valence-electron chi connectivity index (χ2n) is 3.64. The Morgan fingerprint density at radius 2 is 2.11 bits per heavy atom. The average Bonchev–Trinajstić information content (AvgIpc) is 2.43. The van der Waals surface area contributed by atoms with Gasteiger partial charge in [0.25, 0.3) is 6.47 Å². The van der Waals surface area contributed by atoms with Gasteiger partial charge in [-0.05, 0) is 12.1 Å². The van der Waals surface area contributed by atoms with E-state index < -0.39 is 5.97 Å². The Hall–Kier alpha value is -2.63. The lowest BCUT2D eigenvalue weighted by molar-refractivity contribution is -0.129. The number of para-hydroxylation sites is 1. The minimum Gasteiger partial charge on any atom is -0.489 e. The molecule has 0 aliphatic carbocycles.